The minimum absolute atomic E-state index is 0.0366. The summed E-state index contributed by atoms with van der Waals surface area (Å²) in [6, 6.07) is 5.58. The molecule has 0 unspecified atom stereocenters. The van der Waals surface area contributed by atoms with E-state index in [2.05, 4.69) is 15.6 Å². The summed E-state index contributed by atoms with van der Waals surface area (Å²) in [6.45, 7) is 3.93. The van der Waals surface area contributed by atoms with Gasteiger partial charge in [-0.05, 0) is 17.7 Å². The van der Waals surface area contributed by atoms with Crippen LogP contribution in [0.2, 0.25) is 0 Å². The van der Waals surface area contributed by atoms with Crippen molar-refractivity contribution in [2.75, 3.05) is 33.4 Å². The number of methoxy groups -OCH3 is 1. The van der Waals surface area contributed by atoms with Gasteiger partial charge in [0.15, 0.2) is 5.84 Å². The lowest BCUT2D eigenvalue weighted by molar-refractivity contribution is 0.0105. The zero-order chi connectivity index (χ0) is 14.4. The van der Waals surface area contributed by atoms with E-state index < -0.39 is 0 Å². The molecule has 7 nitrogen and oxygen atoms in total. The summed E-state index contributed by atoms with van der Waals surface area (Å²) < 4.78 is 10.6. The van der Waals surface area contributed by atoms with Crippen molar-refractivity contribution in [3.05, 3.63) is 29.3 Å². The Morgan fingerprint density at radius 2 is 2.25 bits per heavy atom. The van der Waals surface area contributed by atoms with Gasteiger partial charge in [-0.1, -0.05) is 11.2 Å². The molecule has 0 bridgehead atoms. The molecule has 0 aromatic heterocycles. The highest BCUT2D eigenvalue weighted by molar-refractivity contribution is 5.99. The molecule has 1 aromatic rings. The Bertz CT molecular complexity index is 473. The van der Waals surface area contributed by atoms with E-state index in [4.69, 9.17) is 20.4 Å². The lowest BCUT2D eigenvalue weighted by Crippen LogP contribution is -2.45. The van der Waals surface area contributed by atoms with Gasteiger partial charge in [-0.25, -0.2) is 5.01 Å². The third-order valence-corrected chi connectivity index (χ3v) is 3.17. The van der Waals surface area contributed by atoms with Crippen LogP contribution in [0.1, 0.15) is 11.1 Å². The molecule has 0 spiro atoms. The first-order valence-corrected chi connectivity index (χ1v) is 6.45. The van der Waals surface area contributed by atoms with Crippen LogP contribution in [0.5, 0.6) is 5.75 Å². The summed E-state index contributed by atoms with van der Waals surface area (Å²) in [5.74, 6) is 0.621. The maximum absolute atomic E-state index is 8.73. The largest absolute Gasteiger partial charge is 0.496 e. The van der Waals surface area contributed by atoms with Crippen LogP contribution in [-0.2, 0) is 11.3 Å². The van der Waals surface area contributed by atoms with Crippen molar-refractivity contribution >= 4 is 5.84 Å². The van der Waals surface area contributed by atoms with E-state index in [0.717, 1.165) is 31.9 Å². The van der Waals surface area contributed by atoms with Crippen LogP contribution < -0.4 is 15.9 Å². The smallest absolute Gasteiger partial charge is 0.173 e. The first kappa shape index (κ1) is 14.6. The van der Waals surface area contributed by atoms with Gasteiger partial charge >= 0.3 is 0 Å². The highest BCUT2D eigenvalue weighted by atomic mass is 16.5. The second kappa shape index (κ2) is 7.09. The molecule has 0 radical (unpaired) electrons. The SMILES string of the molecule is COc1cc(CNN2CCOCC2)ccc1/C(N)=N/O. The number of hydrazine groups is 1. The Kier molecular flexibility index (Phi) is 5.16. The Morgan fingerprint density at radius 3 is 2.90 bits per heavy atom. The fraction of sp³-hybridized carbons (Fsp3) is 0.462. The summed E-state index contributed by atoms with van der Waals surface area (Å²) in [6.07, 6.45) is 0. The van der Waals surface area contributed by atoms with Crippen LogP contribution in [0.15, 0.2) is 23.4 Å². The number of oxime groups is 1. The van der Waals surface area contributed by atoms with E-state index in [9.17, 15) is 0 Å². The lowest BCUT2D eigenvalue weighted by Gasteiger charge is -2.27. The van der Waals surface area contributed by atoms with Crippen LogP contribution in [0, 0.1) is 0 Å². The van der Waals surface area contributed by atoms with Gasteiger partial charge in [-0.3, -0.25) is 5.43 Å². The summed E-state index contributed by atoms with van der Waals surface area (Å²) in [5, 5.41) is 13.9. The minimum Gasteiger partial charge on any atom is -0.496 e. The first-order chi connectivity index (χ1) is 9.74. The fourth-order valence-electron chi connectivity index (χ4n) is 2.04. The molecule has 1 aliphatic rings. The van der Waals surface area contributed by atoms with Gasteiger partial charge in [-0.2, -0.15) is 0 Å². The number of morpholine rings is 1. The van der Waals surface area contributed by atoms with Gasteiger partial charge in [0.05, 0.1) is 25.9 Å². The molecule has 1 fully saturated rings. The molecule has 1 heterocycles. The van der Waals surface area contributed by atoms with Gasteiger partial charge < -0.3 is 20.4 Å². The van der Waals surface area contributed by atoms with Crippen LogP contribution >= 0.6 is 0 Å². The minimum atomic E-state index is 0.0366. The Morgan fingerprint density at radius 1 is 1.50 bits per heavy atom. The average Bonchev–Trinajstić information content (AvgIpc) is 2.52. The van der Waals surface area contributed by atoms with E-state index in [-0.39, 0.29) is 5.84 Å². The monoisotopic (exact) mass is 280 g/mol. The number of nitrogens with one attached hydrogen (secondary N) is 1. The fourth-order valence-corrected chi connectivity index (χ4v) is 2.04. The molecule has 1 aliphatic heterocycles. The van der Waals surface area contributed by atoms with Gasteiger partial charge in [0.1, 0.15) is 5.75 Å². The Hall–Kier alpha value is -1.83. The quantitative estimate of drug-likeness (QED) is 0.307. The molecule has 20 heavy (non-hydrogen) atoms. The standard InChI is InChI=1S/C13H20N4O3/c1-19-12-8-10(2-3-11(12)13(14)16-18)9-15-17-4-6-20-7-5-17/h2-3,8,15,18H,4-7,9H2,1H3,(H2,14,16). The number of rotatable bonds is 5. The normalized spacial score (nSPS) is 17.1. The van der Waals surface area contributed by atoms with Crippen LogP contribution in [0.3, 0.4) is 0 Å². The van der Waals surface area contributed by atoms with E-state index in [1.165, 1.54) is 0 Å². The molecule has 1 aromatic carbocycles. The van der Waals surface area contributed by atoms with E-state index >= 15 is 0 Å². The number of amidine groups is 1. The van der Waals surface area contributed by atoms with Crippen molar-refractivity contribution < 1.29 is 14.7 Å². The third-order valence-electron chi connectivity index (χ3n) is 3.17. The number of nitrogens with two attached hydrogens (primary N) is 1. The third kappa shape index (κ3) is 3.60. The van der Waals surface area contributed by atoms with E-state index in [0.29, 0.717) is 17.9 Å². The summed E-state index contributed by atoms with van der Waals surface area (Å²) in [7, 11) is 1.56. The second-order valence-corrected chi connectivity index (χ2v) is 4.45. The number of hydrogen-bond donors (Lipinski definition) is 3. The van der Waals surface area contributed by atoms with Gasteiger partial charge in [0, 0.05) is 19.6 Å². The molecular formula is C13H20N4O3. The van der Waals surface area contributed by atoms with Crippen molar-refractivity contribution in [1.82, 2.24) is 10.4 Å². The summed E-state index contributed by atoms with van der Waals surface area (Å²) in [5.41, 5.74) is 10.6. The number of hydrogen-bond acceptors (Lipinski definition) is 6. The lowest BCUT2D eigenvalue weighted by atomic mass is 10.1. The molecule has 7 heteroatoms. The molecule has 1 saturated heterocycles. The molecule has 4 N–H and O–H groups in total. The van der Waals surface area contributed by atoms with E-state index in [1.54, 1.807) is 13.2 Å². The number of nitrogens with zero attached hydrogens (tertiary/aromatic N) is 2. The first-order valence-electron chi connectivity index (χ1n) is 6.45. The summed E-state index contributed by atoms with van der Waals surface area (Å²) in [4.78, 5) is 0. The van der Waals surface area contributed by atoms with Crippen LogP contribution in [0.4, 0.5) is 0 Å². The highest BCUT2D eigenvalue weighted by Gasteiger charge is 2.11. The van der Waals surface area contributed by atoms with Crippen molar-refractivity contribution in [1.29, 1.82) is 0 Å². The predicted octanol–water partition coefficient (Wildman–Crippen LogP) is 0.127. The van der Waals surface area contributed by atoms with Gasteiger partial charge in [0.2, 0.25) is 0 Å². The Balaban J connectivity index is 2.01. The van der Waals surface area contributed by atoms with Crippen molar-refractivity contribution in [3.8, 4) is 5.75 Å². The average molecular weight is 280 g/mol. The van der Waals surface area contributed by atoms with Crippen molar-refractivity contribution in [2.45, 2.75) is 6.54 Å². The molecule has 0 aliphatic carbocycles. The number of benzene rings is 1. The summed E-state index contributed by atoms with van der Waals surface area (Å²) >= 11 is 0. The highest BCUT2D eigenvalue weighted by Crippen LogP contribution is 2.20. The van der Waals surface area contributed by atoms with Crippen LogP contribution in [-0.4, -0.2) is 49.5 Å². The zero-order valence-corrected chi connectivity index (χ0v) is 11.5. The van der Waals surface area contributed by atoms with Crippen LogP contribution in [0.25, 0.3) is 0 Å². The molecule has 0 amide bonds. The van der Waals surface area contributed by atoms with Crippen molar-refractivity contribution in [3.63, 3.8) is 0 Å². The molecule has 0 atom stereocenters. The number of ether oxygens (including phenoxy) is 2. The van der Waals surface area contributed by atoms with Gasteiger partial charge in [-0.15, -0.1) is 0 Å². The molecular weight excluding hydrogens is 260 g/mol. The van der Waals surface area contributed by atoms with E-state index in [1.807, 2.05) is 12.1 Å². The zero-order valence-electron chi connectivity index (χ0n) is 11.5. The van der Waals surface area contributed by atoms with Crippen molar-refractivity contribution in [2.24, 2.45) is 10.9 Å². The van der Waals surface area contributed by atoms with Gasteiger partial charge in [0.25, 0.3) is 0 Å². The maximum atomic E-state index is 8.73. The predicted molar refractivity (Wildman–Crippen MR) is 74.7 cm³/mol. The molecule has 2 rings (SSSR count). The maximum Gasteiger partial charge on any atom is 0.173 e. The molecule has 0 saturated carbocycles. The Labute approximate surface area is 117 Å². The molecule has 110 valence electrons. The second-order valence-electron chi connectivity index (χ2n) is 4.45. The topological polar surface area (TPSA) is 92.3 Å².